The van der Waals surface area contributed by atoms with Crippen molar-refractivity contribution in [2.75, 3.05) is 41.3 Å². The van der Waals surface area contributed by atoms with E-state index in [1.54, 1.807) is 12.1 Å². The summed E-state index contributed by atoms with van der Waals surface area (Å²) in [5, 5.41) is 14.5. The molecule has 2 aromatic rings. The second kappa shape index (κ2) is 9.15. The Balaban J connectivity index is 1.47. The van der Waals surface area contributed by atoms with Crippen LogP contribution in [0.5, 0.6) is 0 Å². The number of nitrogens with one attached hydrogen (secondary N) is 1. The van der Waals surface area contributed by atoms with E-state index >= 15 is 0 Å². The number of hydrogen-bond donors (Lipinski definition) is 1. The van der Waals surface area contributed by atoms with Crippen molar-refractivity contribution in [2.45, 2.75) is 38.5 Å². The van der Waals surface area contributed by atoms with Crippen LogP contribution in [0.4, 0.5) is 22.7 Å². The Morgan fingerprint density at radius 1 is 0.833 bits per heavy atom. The van der Waals surface area contributed by atoms with Crippen molar-refractivity contribution < 1.29 is 9.72 Å². The molecule has 2 aliphatic heterocycles. The van der Waals surface area contributed by atoms with Crippen LogP contribution in [0, 0.1) is 10.1 Å². The lowest BCUT2D eigenvalue weighted by Gasteiger charge is -2.29. The lowest BCUT2D eigenvalue weighted by atomic mass is 10.1. The van der Waals surface area contributed by atoms with Crippen LogP contribution in [0.1, 0.15) is 48.9 Å². The molecule has 2 saturated heterocycles. The number of nitro groups is 1. The highest BCUT2D eigenvalue weighted by Crippen LogP contribution is 2.31. The van der Waals surface area contributed by atoms with Crippen molar-refractivity contribution in [3.05, 3.63) is 58.1 Å². The fraction of sp³-hybridized carbons (Fsp3) is 0.435. The van der Waals surface area contributed by atoms with Crippen molar-refractivity contribution in [3.63, 3.8) is 0 Å². The van der Waals surface area contributed by atoms with Crippen LogP contribution < -0.4 is 15.1 Å². The molecule has 0 bridgehead atoms. The standard InChI is InChI=1S/C23H28N4O3/c28-23(24-19-8-10-20(11-9-19)25-13-3-1-4-14-25)18-7-12-21(22(17-18)27(29)30)26-15-5-2-6-16-26/h7-12,17H,1-6,13-16H2,(H,24,28). The molecule has 7 nitrogen and oxygen atoms in total. The van der Waals surface area contributed by atoms with E-state index in [2.05, 4.69) is 10.2 Å². The van der Waals surface area contributed by atoms with Crippen LogP contribution in [-0.4, -0.2) is 37.0 Å². The number of hydrogen-bond acceptors (Lipinski definition) is 5. The van der Waals surface area contributed by atoms with Crippen LogP contribution in [0.3, 0.4) is 0 Å². The summed E-state index contributed by atoms with van der Waals surface area (Å²) in [6, 6.07) is 12.6. The Labute approximate surface area is 176 Å². The Kier molecular flexibility index (Phi) is 6.16. The topological polar surface area (TPSA) is 78.7 Å². The summed E-state index contributed by atoms with van der Waals surface area (Å²) in [6.45, 7) is 3.77. The Morgan fingerprint density at radius 2 is 1.43 bits per heavy atom. The second-order valence-corrected chi connectivity index (χ2v) is 8.06. The number of amides is 1. The molecule has 2 aromatic carbocycles. The average Bonchev–Trinajstić information content (AvgIpc) is 2.80. The largest absolute Gasteiger partial charge is 0.372 e. The molecule has 2 fully saturated rings. The maximum atomic E-state index is 12.7. The van der Waals surface area contributed by atoms with Crippen LogP contribution in [0.2, 0.25) is 0 Å². The van der Waals surface area contributed by atoms with E-state index in [4.69, 9.17) is 0 Å². The van der Waals surface area contributed by atoms with Crippen molar-refractivity contribution in [1.82, 2.24) is 0 Å². The number of rotatable bonds is 5. The van der Waals surface area contributed by atoms with Gasteiger partial charge < -0.3 is 15.1 Å². The molecule has 0 radical (unpaired) electrons. The van der Waals surface area contributed by atoms with Gasteiger partial charge in [0.05, 0.1) is 4.92 Å². The van der Waals surface area contributed by atoms with Gasteiger partial charge in [-0.2, -0.15) is 0 Å². The highest BCUT2D eigenvalue weighted by Gasteiger charge is 2.23. The summed E-state index contributed by atoms with van der Waals surface area (Å²) < 4.78 is 0. The van der Waals surface area contributed by atoms with E-state index in [1.165, 1.54) is 25.3 Å². The average molecular weight is 409 g/mol. The molecule has 2 heterocycles. The van der Waals surface area contributed by atoms with Gasteiger partial charge in [0, 0.05) is 49.2 Å². The minimum absolute atomic E-state index is 0.00926. The quantitative estimate of drug-likeness (QED) is 0.566. The van der Waals surface area contributed by atoms with Gasteiger partial charge in [-0.05, 0) is 74.9 Å². The first-order chi connectivity index (χ1) is 14.6. The molecule has 0 unspecified atom stereocenters. The number of carbonyl (C=O) groups excluding carboxylic acids is 1. The van der Waals surface area contributed by atoms with Gasteiger partial charge >= 0.3 is 0 Å². The predicted octanol–water partition coefficient (Wildman–Crippen LogP) is 4.83. The summed E-state index contributed by atoms with van der Waals surface area (Å²) in [4.78, 5) is 28.3. The third kappa shape index (κ3) is 4.56. The number of benzene rings is 2. The first-order valence-electron chi connectivity index (χ1n) is 10.8. The smallest absolute Gasteiger partial charge is 0.293 e. The molecule has 1 amide bonds. The molecule has 30 heavy (non-hydrogen) atoms. The summed E-state index contributed by atoms with van der Waals surface area (Å²) >= 11 is 0. The minimum atomic E-state index is -0.395. The summed E-state index contributed by atoms with van der Waals surface area (Å²) in [6.07, 6.45) is 6.93. The van der Waals surface area contributed by atoms with Crippen molar-refractivity contribution >= 4 is 28.7 Å². The zero-order valence-electron chi connectivity index (χ0n) is 17.2. The highest BCUT2D eigenvalue weighted by atomic mass is 16.6. The zero-order chi connectivity index (χ0) is 20.9. The van der Waals surface area contributed by atoms with Crippen molar-refractivity contribution in [2.24, 2.45) is 0 Å². The number of piperidine rings is 2. The van der Waals surface area contributed by atoms with E-state index in [1.807, 2.05) is 29.2 Å². The second-order valence-electron chi connectivity index (χ2n) is 8.06. The lowest BCUT2D eigenvalue weighted by Crippen LogP contribution is -2.30. The van der Waals surface area contributed by atoms with Crippen molar-refractivity contribution in [1.29, 1.82) is 0 Å². The van der Waals surface area contributed by atoms with E-state index in [0.717, 1.165) is 51.1 Å². The molecular weight excluding hydrogens is 380 g/mol. The van der Waals surface area contributed by atoms with E-state index in [-0.39, 0.29) is 11.6 Å². The molecule has 1 N–H and O–H groups in total. The minimum Gasteiger partial charge on any atom is -0.372 e. The molecule has 0 spiro atoms. The molecule has 4 rings (SSSR count). The third-order valence-electron chi connectivity index (χ3n) is 5.98. The van der Waals surface area contributed by atoms with Gasteiger partial charge in [0.25, 0.3) is 11.6 Å². The molecule has 0 saturated carbocycles. The molecule has 158 valence electrons. The van der Waals surface area contributed by atoms with Gasteiger partial charge in [0.2, 0.25) is 0 Å². The van der Waals surface area contributed by atoms with Gasteiger partial charge in [0.1, 0.15) is 5.69 Å². The van der Waals surface area contributed by atoms with E-state index < -0.39 is 4.92 Å². The Morgan fingerprint density at radius 3 is 2.03 bits per heavy atom. The van der Waals surface area contributed by atoms with E-state index in [0.29, 0.717) is 16.9 Å². The van der Waals surface area contributed by atoms with Gasteiger partial charge in [-0.3, -0.25) is 14.9 Å². The SMILES string of the molecule is O=C(Nc1ccc(N2CCCCC2)cc1)c1ccc(N2CCCCC2)c([N+](=O)[O-])c1. The van der Waals surface area contributed by atoms with Crippen LogP contribution in [0.25, 0.3) is 0 Å². The van der Waals surface area contributed by atoms with Crippen LogP contribution in [0.15, 0.2) is 42.5 Å². The highest BCUT2D eigenvalue weighted by molar-refractivity contribution is 6.05. The molecule has 0 aromatic heterocycles. The third-order valence-corrected chi connectivity index (χ3v) is 5.98. The fourth-order valence-electron chi connectivity index (χ4n) is 4.32. The van der Waals surface area contributed by atoms with Gasteiger partial charge in [-0.1, -0.05) is 0 Å². The molecular formula is C23H28N4O3. The maximum Gasteiger partial charge on any atom is 0.293 e. The molecule has 7 heteroatoms. The van der Waals surface area contributed by atoms with Gasteiger partial charge in [-0.25, -0.2) is 0 Å². The number of nitro benzene ring substituents is 1. The van der Waals surface area contributed by atoms with E-state index in [9.17, 15) is 14.9 Å². The molecule has 0 aliphatic carbocycles. The van der Waals surface area contributed by atoms with Crippen molar-refractivity contribution in [3.8, 4) is 0 Å². The summed E-state index contributed by atoms with van der Waals surface area (Å²) in [5.74, 6) is -0.339. The number of carbonyl (C=O) groups is 1. The first-order valence-corrected chi connectivity index (χ1v) is 10.8. The Bertz CT molecular complexity index is 901. The fourth-order valence-corrected chi connectivity index (χ4v) is 4.32. The predicted molar refractivity (Wildman–Crippen MR) is 120 cm³/mol. The summed E-state index contributed by atoms with van der Waals surface area (Å²) in [5.41, 5.74) is 2.73. The number of anilines is 3. The van der Waals surface area contributed by atoms with Crippen LogP contribution >= 0.6 is 0 Å². The normalized spacial score (nSPS) is 16.9. The Hall–Kier alpha value is -3.09. The maximum absolute atomic E-state index is 12.7. The van der Waals surface area contributed by atoms with Crippen LogP contribution in [-0.2, 0) is 0 Å². The summed E-state index contributed by atoms with van der Waals surface area (Å²) in [7, 11) is 0. The first kappa shape index (κ1) is 20.2. The molecule has 0 atom stereocenters. The van der Waals surface area contributed by atoms with Gasteiger partial charge in [-0.15, -0.1) is 0 Å². The number of nitrogens with zero attached hydrogens (tertiary/aromatic N) is 3. The van der Waals surface area contributed by atoms with Gasteiger partial charge in [0.15, 0.2) is 0 Å². The monoisotopic (exact) mass is 408 g/mol. The molecule has 2 aliphatic rings. The lowest BCUT2D eigenvalue weighted by molar-refractivity contribution is -0.384. The zero-order valence-corrected chi connectivity index (χ0v) is 17.2.